The Labute approximate surface area is 79.5 Å². The molecule has 0 aliphatic heterocycles. The van der Waals surface area contributed by atoms with Gasteiger partial charge >= 0.3 is 0 Å². The lowest BCUT2D eigenvalue weighted by Gasteiger charge is -2.28. The Morgan fingerprint density at radius 2 is 2.23 bits per heavy atom. The molecule has 0 saturated heterocycles. The molecule has 1 unspecified atom stereocenters. The van der Waals surface area contributed by atoms with Crippen LogP contribution in [-0.2, 0) is 4.79 Å². The minimum atomic E-state index is -0.892. The Balaban J connectivity index is 2.50. The summed E-state index contributed by atoms with van der Waals surface area (Å²) in [4.78, 5) is 11.2. The molecule has 3 nitrogen and oxygen atoms in total. The third-order valence-corrected chi connectivity index (χ3v) is 2.95. The SMILES string of the molecule is C[C@@H](O)C(=O)NC1CCCC1(C)C. The summed E-state index contributed by atoms with van der Waals surface area (Å²) < 4.78 is 0. The highest BCUT2D eigenvalue weighted by molar-refractivity contribution is 5.80. The molecule has 0 radical (unpaired) electrons. The first-order valence-corrected chi connectivity index (χ1v) is 4.92. The molecule has 1 rings (SSSR count). The lowest BCUT2D eigenvalue weighted by Crippen LogP contribution is -2.45. The molecule has 1 aliphatic carbocycles. The van der Waals surface area contributed by atoms with E-state index < -0.39 is 6.10 Å². The number of carbonyl (C=O) groups excluding carboxylic acids is 1. The van der Waals surface area contributed by atoms with Gasteiger partial charge in [-0.25, -0.2) is 0 Å². The van der Waals surface area contributed by atoms with Crippen molar-refractivity contribution in [3.63, 3.8) is 0 Å². The number of amides is 1. The molecule has 76 valence electrons. The van der Waals surface area contributed by atoms with Crippen LogP contribution in [0.3, 0.4) is 0 Å². The van der Waals surface area contributed by atoms with Gasteiger partial charge in [-0.1, -0.05) is 20.3 Å². The first kappa shape index (κ1) is 10.5. The van der Waals surface area contributed by atoms with E-state index in [0.717, 1.165) is 19.3 Å². The normalized spacial score (nSPS) is 28.5. The predicted molar refractivity (Wildman–Crippen MR) is 51.2 cm³/mol. The highest BCUT2D eigenvalue weighted by Gasteiger charge is 2.35. The first-order chi connectivity index (χ1) is 5.93. The average molecular weight is 185 g/mol. The Kier molecular flexibility index (Phi) is 2.96. The number of hydrogen-bond donors (Lipinski definition) is 2. The molecule has 0 spiro atoms. The van der Waals surface area contributed by atoms with Crippen molar-refractivity contribution in [3.8, 4) is 0 Å². The largest absolute Gasteiger partial charge is 0.384 e. The van der Waals surface area contributed by atoms with Crippen LogP contribution in [0.5, 0.6) is 0 Å². The standard InChI is InChI=1S/C10H19NO2/c1-7(12)9(13)11-8-5-4-6-10(8,2)3/h7-8,12H,4-6H2,1-3H3,(H,11,13)/t7-,8?/m1/s1. The number of rotatable bonds is 2. The van der Waals surface area contributed by atoms with Gasteiger partial charge in [0.15, 0.2) is 0 Å². The van der Waals surface area contributed by atoms with E-state index in [2.05, 4.69) is 19.2 Å². The molecular weight excluding hydrogens is 166 g/mol. The molecule has 0 aromatic rings. The molecule has 0 heterocycles. The van der Waals surface area contributed by atoms with Crippen LogP contribution in [-0.4, -0.2) is 23.2 Å². The van der Waals surface area contributed by atoms with E-state index in [-0.39, 0.29) is 17.4 Å². The molecule has 1 saturated carbocycles. The zero-order valence-corrected chi connectivity index (χ0v) is 8.63. The fourth-order valence-electron chi connectivity index (χ4n) is 1.89. The number of aliphatic hydroxyl groups is 1. The maximum Gasteiger partial charge on any atom is 0.248 e. The lowest BCUT2D eigenvalue weighted by molar-refractivity contribution is -0.129. The van der Waals surface area contributed by atoms with Crippen LogP contribution in [0.1, 0.15) is 40.0 Å². The molecule has 2 N–H and O–H groups in total. The molecule has 0 bridgehead atoms. The molecule has 1 aliphatic rings. The van der Waals surface area contributed by atoms with Crippen LogP contribution in [0.25, 0.3) is 0 Å². The second-order valence-corrected chi connectivity index (χ2v) is 4.62. The maximum absolute atomic E-state index is 11.2. The van der Waals surface area contributed by atoms with Crippen molar-refractivity contribution in [2.24, 2.45) is 5.41 Å². The van der Waals surface area contributed by atoms with Crippen LogP contribution in [0, 0.1) is 5.41 Å². The summed E-state index contributed by atoms with van der Waals surface area (Å²) in [6, 6.07) is 0.231. The van der Waals surface area contributed by atoms with Crippen LogP contribution < -0.4 is 5.32 Å². The third kappa shape index (κ3) is 2.44. The van der Waals surface area contributed by atoms with E-state index in [1.54, 1.807) is 0 Å². The van der Waals surface area contributed by atoms with Gasteiger partial charge in [0.1, 0.15) is 6.10 Å². The molecule has 2 atom stereocenters. The van der Waals surface area contributed by atoms with Gasteiger partial charge in [-0.15, -0.1) is 0 Å². The summed E-state index contributed by atoms with van der Waals surface area (Å²) in [6.45, 7) is 5.82. The fraction of sp³-hybridized carbons (Fsp3) is 0.900. The van der Waals surface area contributed by atoms with Crippen molar-refractivity contribution in [2.75, 3.05) is 0 Å². The van der Waals surface area contributed by atoms with Crippen molar-refractivity contribution >= 4 is 5.91 Å². The summed E-state index contributed by atoms with van der Waals surface area (Å²) in [5, 5.41) is 11.9. The summed E-state index contributed by atoms with van der Waals surface area (Å²) in [5.41, 5.74) is 0.185. The number of nitrogens with one attached hydrogen (secondary N) is 1. The molecular formula is C10H19NO2. The molecule has 1 amide bonds. The molecule has 0 aromatic heterocycles. The Hall–Kier alpha value is -0.570. The smallest absolute Gasteiger partial charge is 0.248 e. The lowest BCUT2D eigenvalue weighted by atomic mass is 9.87. The van der Waals surface area contributed by atoms with Crippen LogP contribution in [0.15, 0.2) is 0 Å². The van der Waals surface area contributed by atoms with Crippen LogP contribution in [0.4, 0.5) is 0 Å². The van der Waals surface area contributed by atoms with Gasteiger partial charge in [-0.05, 0) is 25.2 Å². The Bertz CT molecular complexity index is 199. The summed E-state index contributed by atoms with van der Waals surface area (Å²) in [6.07, 6.45) is 2.46. The highest BCUT2D eigenvalue weighted by Crippen LogP contribution is 2.37. The predicted octanol–water partition coefficient (Wildman–Crippen LogP) is 1.06. The summed E-state index contributed by atoms with van der Waals surface area (Å²) >= 11 is 0. The van der Waals surface area contributed by atoms with Crippen molar-refractivity contribution < 1.29 is 9.90 Å². The van der Waals surface area contributed by atoms with E-state index >= 15 is 0 Å². The first-order valence-electron chi connectivity index (χ1n) is 4.92. The monoisotopic (exact) mass is 185 g/mol. The van der Waals surface area contributed by atoms with Gasteiger partial charge in [-0.3, -0.25) is 4.79 Å². The summed E-state index contributed by atoms with van der Waals surface area (Å²) in [5.74, 6) is -0.250. The minimum Gasteiger partial charge on any atom is -0.384 e. The van der Waals surface area contributed by atoms with E-state index in [9.17, 15) is 4.79 Å². The molecule has 0 aromatic carbocycles. The van der Waals surface area contributed by atoms with Gasteiger partial charge in [0, 0.05) is 6.04 Å². The van der Waals surface area contributed by atoms with Gasteiger partial charge in [0.25, 0.3) is 0 Å². The van der Waals surface area contributed by atoms with E-state index in [0.29, 0.717) is 0 Å². The second kappa shape index (κ2) is 3.66. The van der Waals surface area contributed by atoms with Crippen molar-refractivity contribution in [2.45, 2.75) is 52.2 Å². The minimum absolute atomic E-state index is 0.185. The number of carbonyl (C=O) groups is 1. The van der Waals surface area contributed by atoms with E-state index in [4.69, 9.17) is 5.11 Å². The highest BCUT2D eigenvalue weighted by atomic mass is 16.3. The van der Waals surface area contributed by atoms with Crippen molar-refractivity contribution in [1.29, 1.82) is 0 Å². The van der Waals surface area contributed by atoms with Crippen molar-refractivity contribution in [3.05, 3.63) is 0 Å². The van der Waals surface area contributed by atoms with Gasteiger partial charge in [0.2, 0.25) is 5.91 Å². The van der Waals surface area contributed by atoms with Gasteiger partial charge < -0.3 is 10.4 Å². The zero-order chi connectivity index (χ0) is 10.1. The van der Waals surface area contributed by atoms with Crippen LogP contribution in [0.2, 0.25) is 0 Å². The molecule has 1 fully saturated rings. The number of aliphatic hydroxyl groups excluding tert-OH is 1. The van der Waals surface area contributed by atoms with Gasteiger partial charge in [-0.2, -0.15) is 0 Å². The summed E-state index contributed by atoms with van der Waals surface area (Å²) in [7, 11) is 0. The third-order valence-electron chi connectivity index (χ3n) is 2.95. The Morgan fingerprint density at radius 3 is 2.62 bits per heavy atom. The van der Waals surface area contributed by atoms with Gasteiger partial charge in [0.05, 0.1) is 0 Å². The zero-order valence-electron chi connectivity index (χ0n) is 8.63. The van der Waals surface area contributed by atoms with E-state index in [1.165, 1.54) is 6.92 Å². The topological polar surface area (TPSA) is 49.3 Å². The van der Waals surface area contributed by atoms with E-state index in [1.807, 2.05) is 0 Å². The maximum atomic E-state index is 11.2. The van der Waals surface area contributed by atoms with Crippen LogP contribution >= 0.6 is 0 Å². The average Bonchev–Trinajstić information content (AvgIpc) is 2.30. The Morgan fingerprint density at radius 1 is 1.62 bits per heavy atom. The second-order valence-electron chi connectivity index (χ2n) is 4.62. The number of hydrogen-bond acceptors (Lipinski definition) is 2. The van der Waals surface area contributed by atoms with Crippen molar-refractivity contribution in [1.82, 2.24) is 5.32 Å². The fourth-order valence-corrected chi connectivity index (χ4v) is 1.89. The quantitative estimate of drug-likeness (QED) is 0.676. The molecule has 3 heteroatoms. The molecule has 13 heavy (non-hydrogen) atoms.